The molecule has 2 heterocycles. The largest absolute Gasteiger partial charge is 0.385 e. The van der Waals surface area contributed by atoms with Crippen molar-refractivity contribution in [2.24, 2.45) is 15.7 Å². The molecule has 1 amide bonds. The predicted octanol–water partition coefficient (Wildman–Crippen LogP) is 3.07. The fourth-order valence-electron chi connectivity index (χ4n) is 2.80. The molecule has 1 spiro atoms. The lowest BCUT2D eigenvalue weighted by atomic mass is 9.93. The molecule has 118 valence electrons. The van der Waals surface area contributed by atoms with Crippen molar-refractivity contribution in [3.05, 3.63) is 71.8 Å². The van der Waals surface area contributed by atoms with Crippen LogP contribution in [0.15, 0.2) is 76.2 Å². The fraction of sp³-hybridized carbons (Fsp3) is 0.0556. The van der Waals surface area contributed by atoms with Crippen LogP contribution in [0.25, 0.3) is 0 Å². The highest BCUT2D eigenvalue weighted by Crippen LogP contribution is 2.40. The molecule has 2 aromatic rings. The van der Waals surface area contributed by atoms with Crippen molar-refractivity contribution >= 4 is 40.6 Å². The molecular formula is C18H14N4OS. The molecule has 2 aliphatic heterocycles. The van der Waals surface area contributed by atoms with E-state index in [-0.39, 0.29) is 11.7 Å². The highest BCUT2D eigenvalue weighted by atomic mass is 32.2. The molecule has 0 aromatic heterocycles. The highest BCUT2D eigenvalue weighted by molar-refractivity contribution is 8.06. The quantitative estimate of drug-likeness (QED) is 0.841. The molecule has 1 unspecified atom stereocenters. The van der Waals surface area contributed by atoms with Crippen LogP contribution in [-0.4, -0.2) is 22.2 Å². The summed E-state index contributed by atoms with van der Waals surface area (Å²) in [5, 5.41) is 4.71. The normalized spacial score (nSPS) is 22.2. The average Bonchev–Trinajstić information content (AvgIpc) is 2.74. The van der Waals surface area contributed by atoms with Crippen LogP contribution in [0.1, 0.15) is 5.56 Å². The van der Waals surface area contributed by atoms with E-state index in [1.165, 1.54) is 11.8 Å². The van der Waals surface area contributed by atoms with E-state index in [9.17, 15) is 4.79 Å². The van der Waals surface area contributed by atoms with E-state index in [1.54, 1.807) is 11.6 Å². The molecule has 1 atom stereocenters. The van der Waals surface area contributed by atoms with Gasteiger partial charge in [-0.05, 0) is 23.1 Å². The number of anilines is 1. The van der Waals surface area contributed by atoms with E-state index in [2.05, 4.69) is 10.3 Å². The number of amides is 1. The highest BCUT2D eigenvalue weighted by Gasteiger charge is 2.50. The molecular weight excluding hydrogens is 320 g/mol. The Bertz CT molecular complexity index is 904. The molecule has 0 aliphatic carbocycles. The summed E-state index contributed by atoms with van der Waals surface area (Å²) in [5.41, 5.74) is 8.99. The van der Waals surface area contributed by atoms with Gasteiger partial charge in [-0.15, -0.1) is 11.8 Å². The maximum absolute atomic E-state index is 13.1. The number of amidine groups is 1. The number of thioether (sulfide) groups is 1. The van der Waals surface area contributed by atoms with Gasteiger partial charge in [-0.25, -0.2) is 9.98 Å². The van der Waals surface area contributed by atoms with E-state index in [4.69, 9.17) is 10.7 Å². The van der Waals surface area contributed by atoms with Gasteiger partial charge in [-0.1, -0.05) is 42.5 Å². The lowest BCUT2D eigenvalue weighted by Gasteiger charge is -2.31. The summed E-state index contributed by atoms with van der Waals surface area (Å²) in [6.07, 6.45) is 1.60. The van der Waals surface area contributed by atoms with Gasteiger partial charge in [0.25, 0.3) is 5.91 Å². The van der Waals surface area contributed by atoms with Crippen molar-refractivity contribution in [1.82, 2.24) is 0 Å². The molecule has 0 saturated heterocycles. The molecule has 0 saturated carbocycles. The zero-order chi connectivity index (χ0) is 16.6. The predicted molar refractivity (Wildman–Crippen MR) is 98.8 cm³/mol. The monoisotopic (exact) mass is 334 g/mol. The number of fused-ring (bicyclic) bond motifs is 1. The van der Waals surface area contributed by atoms with Crippen molar-refractivity contribution in [3.8, 4) is 0 Å². The first-order chi connectivity index (χ1) is 11.7. The van der Waals surface area contributed by atoms with Crippen LogP contribution in [-0.2, 0) is 4.79 Å². The summed E-state index contributed by atoms with van der Waals surface area (Å²) in [6, 6.07) is 17.0. The molecule has 0 radical (unpaired) electrons. The number of aliphatic imine (C=N–C) groups is 2. The third kappa shape index (κ3) is 2.15. The Labute approximate surface area is 143 Å². The van der Waals surface area contributed by atoms with E-state index in [0.717, 1.165) is 5.56 Å². The standard InChI is InChI=1S/C18H14N4OS/c19-16-18(24-11-10-20-16)15(12-6-2-1-3-7-12)21-13-8-4-5-9-14(13)22-17(18)23/h1-11H,(H2,19,20)(H,22,23). The first-order valence-corrected chi connectivity index (χ1v) is 8.31. The molecule has 24 heavy (non-hydrogen) atoms. The van der Waals surface area contributed by atoms with Gasteiger partial charge in [0.2, 0.25) is 0 Å². The number of nitrogens with zero attached hydrogens (tertiary/aromatic N) is 2. The number of hydrogen-bond acceptors (Lipinski definition) is 5. The molecule has 0 fully saturated rings. The molecule has 3 N–H and O–H groups in total. The lowest BCUT2D eigenvalue weighted by Crippen LogP contribution is -2.56. The molecule has 0 bridgehead atoms. The van der Waals surface area contributed by atoms with Crippen LogP contribution in [0.5, 0.6) is 0 Å². The van der Waals surface area contributed by atoms with Crippen molar-refractivity contribution < 1.29 is 4.79 Å². The Morgan fingerprint density at radius 1 is 1.04 bits per heavy atom. The van der Waals surface area contributed by atoms with Gasteiger partial charge in [0.1, 0.15) is 5.84 Å². The van der Waals surface area contributed by atoms with E-state index in [1.807, 2.05) is 54.6 Å². The second-order valence-electron chi connectivity index (χ2n) is 5.40. The summed E-state index contributed by atoms with van der Waals surface area (Å²) < 4.78 is -1.19. The van der Waals surface area contributed by atoms with Gasteiger partial charge in [0.15, 0.2) is 4.75 Å². The van der Waals surface area contributed by atoms with Crippen LogP contribution < -0.4 is 11.1 Å². The van der Waals surface area contributed by atoms with Gasteiger partial charge in [-0.3, -0.25) is 4.79 Å². The van der Waals surface area contributed by atoms with Gasteiger partial charge < -0.3 is 11.1 Å². The Morgan fingerprint density at radius 2 is 1.79 bits per heavy atom. The number of nitrogens with one attached hydrogen (secondary N) is 1. The first-order valence-electron chi connectivity index (χ1n) is 7.43. The van der Waals surface area contributed by atoms with Gasteiger partial charge >= 0.3 is 0 Å². The number of nitrogens with two attached hydrogens (primary N) is 1. The minimum Gasteiger partial charge on any atom is -0.385 e. The average molecular weight is 334 g/mol. The Balaban J connectivity index is 2.01. The summed E-state index contributed by atoms with van der Waals surface area (Å²) >= 11 is 1.31. The van der Waals surface area contributed by atoms with Gasteiger partial charge in [0.05, 0.1) is 17.1 Å². The van der Waals surface area contributed by atoms with Crippen molar-refractivity contribution in [1.29, 1.82) is 0 Å². The molecule has 5 nitrogen and oxygen atoms in total. The van der Waals surface area contributed by atoms with Crippen LogP contribution in [0.4, 0.5) is 11.4 Å². The minimum atomic E-state index is -1.19. The van der Waals surface area contributed by atoms with E-state index >= 15 is 0 Å². The van der Waals surface area contributed by atoms with Crippen molar-refractivity contribution in [2.75, 3.05) is 5.32 Å². The minimum absolute atomic E-state index is 0.225. The number of benzene rings is 2. The second-order valence-corrected chi connectivity index (χ2v) is 6.52. The van der Waals surface area contributed by atoms with Crippen molar-refractivity contribution in [3.63, 3.8) is 0 Å². The van der Waals surface area contributed by atoms with Crippen molar-refractivity contribution in [2.45, 2.75) is 4.75 Å². The maximum atomic E-state index is 13.1. The molecule has 6 heteroatoms. The van der Waals surface area contributed by atoms with Gasteiger partial charge in [0, 0.05) is 6.20 Å². The maximum Gasteiger partial charge on any atom is 0.254 e. The zero-order valence-electron chi connectivity index (χ0n) is 12.6. The summed E-state index contributed by atoms with van der Waals surface area (Å²) in [7, 11) is 0. The van der Waals surface area contributed by atoms with Gasteiger partial charge in [-0.2, -0.15) is 0 Å². The van der Waals surface area contributed by atoms with Crippen LogP contribution in [0.2, 0.25) is 0 Å². The smallest absolute Gasteiger partial charge is 0.254 e. The number of para-hydroxylation sites is 2. The summed E-state index contributed by atoms with van der Waals surface area (Å²) in [4.78, 5) is 22.1. The summed E-state index contributed by atoms with van der Waals surface area (Å²) in [6.45, 7) is 0. The fourth-order valence-corrected chi connectivity index (χ4v) is 3.73. The Kier molecular flexibility index (Phi) is 3.46. The number of rotatable bonds is 1. The topological polar surface area (TPSA) is 79.8 Å². The summed E-state index contributed by atoms with van der Waals surface area (Å²) in [5.74, 6) is -0.0198. The number of carbonyl (C=O) groups is 1. The molecule has 2 aliphatic rings. The third-order valence-corrected chi connectivity index (χ3v) is 5.16. The number of hydrogen-bond donors (Lipinski definition) is 2. The third-order valence-electron chi connectivity index (χ3n) is 3.96. The van der Waals surface area contributed by atoms with Crippen LogP contribution in [0.3, 0.4) is 0 Å². The van der Waals surface area contributed by atoms with E-state index < -0.39 is 4.75 Å². The van der Waals surface area contributed by atoms with E-state index in [0.29, 0.717) is 17.1 Å². The zero-order valence-corrected chi connectivity index (χ0v) is 13.5. The van der Waals surface area contributed by atoms with Crippen LogP contribution >= 0.6 is 11.8 Å². The molecule has 2 aromatic carbocycles. The SMILES string of the molecule is NC1=NC=CSC12C(=O)Nc1ccccc1N=C2c1ccccc1. The Morgan fingerprint density at radius 3 is 2.58 bits per heavy atom. The first kappa shape index (κ1) is 14.7. The Hall–Kier alpha value is -2.86. The molecule has 4 rings (SSSR count). The number of carbonyl (C=O) groups excluding carboxylic acids is 1. The van der Waals surface area contributed by atoms with Crippen LogP contribution in [0, 0.1) is 0 Å². The lowest BCUT2D eigenvalue weighted by molar-refractivity contribution is -0.115. The second kappa shape index (κ2) is 5.65.